The van der Waals surface area contributed by atoms with Crippen LogP contribution in [0.2, 0.25) is 0 Å². The molecule has 2 fully saturated rings. The molecule has 31 heavy (non-hydrogen) atoms. The number of likely N-dealkylation sites (tertiary alicyclic amines) is 1. The van der Waals surface area contributed by atoms with Crippen LogP contribution in [0.5, 0.6) is 5.75 Å². The van der Waals surface area contributed by atoms with Gasteiger partial charge in [-0.1, -0.05) is 30.7 Å². The molecule has 0 radical (unpaired) electrons. The predicted molar refractivity (Wildman–Crippen MR) is 132 cm³/mol. The van der Waals surface area contributed by atoms with Crippen molar-refractivity contribution in [2.24, 2.45) is 0 Å². The second-order valence-electron chi connectivity index (χ2n) is 8.14. The van der Waals surface area contributed by atoms with E-state index in [4.69, 9.17) is 4.74 Å². The normalized spacial score (nSPS) is 19.0. The Morgan fingerprint density at radius 1 is 1.00 bits per heavy atom. The van der Waals surface area contributed by atoms with Gasteiger partial charge in [-0.05, 0) is 79.3 Å². The molecular formula is C25H32N2O2S2. The van der Waals surface area contributed by atoms with Crippen molar-refractivity contribution in [2.45, 2.75) is 36.3 Å². The minimum atomic E-state index is 0.00558. The highest BCUT2D eigenvalue weighted by Gasteiger charge is 2.23. The van der Waals surface area contributed by atoms with Crippen LogP contribution in [-0.2, 0) is 0 Å². The van der Waals surface area contributed by atoms with Crippen LogP contribution >= 0.6 is 23.5 Å². The average molecular weight is 457 g/mol. The molecule has 166 valence electrons. The number of nitrogens with zero attached hydrogens (tertiary/aromatic N) is 1. The Hall–Kier alpha value is -1.63. The van der Waals surface area contributed by atoms with E-state index in [0.717, 1.165) is 24.4 Å². The van der Waals surface area contributed by atoms with Gasteiger partial charge in [0.15, 0.2) is 0 Å². The molecule has 1 N–H and O–H groups in total. The molecule has 2 saturated heterocycles. The van der Waals surface area contributed by atoms with Crippen molar-refractivity contribution in [3.05, 3.63) is 65.2 Å². The Labute approximate surface area is 194 Å². The van der Waals surface area contributed by atoms with Crippen molar-refractivity contribution in [2.75, 3.05) is 38.2 Å². The summed E-state index contributed by atoms with van der Waals surface area (Å²) < 4.78 is 5.82. The van der Waals surface area contributed by atoms with E-state index in [9.17, 15) is 4.79 Å². The summed E-state index contributed by atoms with van der Waals surface area (Å²) >= 11 is 4.02. The second kappa shape index (κ2) is 11.3. The molecular weight excluding hydrogens is 424 g/mol. The number of thioether (sulfide) groups is 2. The summed E-state index contributed by atoms with van der Waals surface area (Å²) in [4.78, 5) is 15.4. The molecule has 2 aliphatic heterocycles. The summed E-state index contributed by atoms with van der Waals surface area (Å²) in [6.07, 6.45) is 5.03. The Balaban J connectivity index is 1.41. The van der Waals surface area contributed by atoms with Crippen molar-refractivity contribution >= 4 is 29.4 Å². The van der Waals surface area contributed by atoms with Crippen LogP contribution < -0.4 is 10.1 Å². The summed E-state index contributed by atoms with van der Waals surface area (Å²) in [5.41, 5.74) is 3.28. The van der Waals surface area contributed by atoms with Crippen molar-refractivity contribution in [1.82, 2.24) is 10.2 Å². The van der Waals surface area contributed by atoms with E-state index in [1.54, 1.807) is 7.11 Å². The lowest BCUT2D eigenvalue weighted by molar-refractivity contribution is 0.0924. The Bertz CT molecular complexity index is 830. The van der Waals surface area contributed by atoms with Gasteiger partial charge in [0.05, 0.1) is 17.7 Å². The molecule has 2 aliphatic rings. The molecule has 0 aliphatic carbocycles. The average Bonchev–Trinajstić information content (AvgIpc) is 2.86. The largest absolute Gasteiger partial charge is 0.497 e. The summed E-state index contributed by atoms with van der Waals surface area (Å²) in [5.74, 6) is 3.32. The molecule has 2 heterocycles. The quantitative estimate of drug-likeness (QED) is 0.594. The molecule has 0 bridgehead atoms. The van der Waals surface area contributed by atoms with Gasteiger partial charge in [-0.25, -0.2) is 0 Å². The first kappa shape index (κ1) is 22.6. The first-order valence-corrected chi connectivity index (χ1v) is 13.3. The summed E-state index contributed by atoms with van der Waals surface area (Å²) in [6.45, 7) is 2.78. The first-order chi connectivity index (χ1) is 15.2. The van der Waals surface area contributed by atoms with Crippen LogP contribution in [0.4, 0.5) is 0 Å². The van der Waals surface area contributed by atoms with E-state index in [1.807, 2.05) is 47.8 Å². The Kier molecular flexibility index (Phi) is 8.22. The van der Waals surface area contributed by atoms with Gasteiger partial charge in [-0.15, -0.1) is 23.5 Å². The number of carbonyl (C=O) groups excluding carboxylic acids is 1. The Morgan fingerprint density at radius 3 is 2.32 bits per heavy atom. The minimum absolute atomic E-state index is 0.00558. The molecule has 2 aromatic rings. The lowest BCUT2D eigenvalue weighted by atomic mass is 10.0. The number of amides is 1. The molecule has 2 aromatic carbocycles. The van der Waals surface area contributed by atoms with Gasteiger partial charge in [0.2, 0.25) is 0 Å². The van der Waals surface area contributed by atoms with Gasteiger partial charge in [0.1, 0.15) is 5.75 Å². The number of nitrogens with one attached hydrogen (secondary N) is 1. The third-order valence-corrected chi connectivity index (χ3v) is 9.08. The molecule has 4 rings (SSSR count). The number of benzene rings is 2. The van der Waals surface area contributed by atoms with E-state index < -0.39 is 0 Å². The monoisotopic (exact) mass is 456 g/mol. The molecule has 1 amide bonds. The highest BCUT2D eigenvalue weighted by Crippen LogP contribution is 2.43. The number of ether oxygens (including phenoxy) is 1. The topological polar surface area (TPSA) is 41.6 Å². The lowest BCUT2D eigenvalue weighted by Crippen LogP contribution is -2.40. The standard InChI is InChI=1S/C25H32N2O2S2/c1-29-22-12-10-19(11-13-22)23(27-14-3-2-4-15-27)18-26-24(28)20-6-8-21(9-7-20)25-30-16-5-17-31-25/h6-13,23,25H,2-5,14-18H2,1H3,(H,26,28)/t23-/m0/s1. The molecule has 0 spiro atoms. The van der Waals surface area contributed by atoms with Crippen LogP contribution in [0.3, 0.4) is 0 Å². The highest BCUT2D eigenvalue weighted by molar-refractivity contribution is 8.16. The molecule has 6 heteroatoms. The maximum atomic E-state index is 12.9. The van der Waals surface area contributed by atoms with Crippen LogP contribution in [0, 0.1) is 0 Å². The molecule has 1 atom stereocenters. The third-order valence-electron chi connectivity index (χ3n) is 6.06. The van der Waals surface area contributed by atoms with Crippen LogP contribution in [0.1, 0.15) is 57.8 Å². The second-order valence-corrected chi connectivity index (χ2v) is 10.9. The fraction of sp³-hybridized carbons (Fsp3) is 0.480. The van der Waals surface area contributed by atoms with E-state index in [-0.39, 0.29) is 11.9 Å². The Morgan fingerprint density at radius 2 is 1.68 bits per heavy atom. The van der Waals surface area contributed by atoms with Gasteiger partial charge in [0.25, 0.3) is 5.91 Å². The fourth-order valence-electron chi connectivity index (χ4n) is 4.28. The van der Waals surface area contributed by atoms with Crippen LogP contribution in [-0.4, -0.2) is 49.1 Å². The van der Waals surface area contributed by atoms with E-state index in [2.05, 4.69) is 34.5 Å². The van der Waals surface area contributed by atoms with Gasteiger partial charge >= 0.3 is 0 Å². The van der Waals surface area contributed by atoms with Crippen LogP contribution in [0.15, 0.2) is 48.5 Å². The zero-order chi connectivity index (χ0) is 21.5. The summed E-state index contributed by atoms with van der Waals surface area (Å²) in [5, 5.41) is 3.20. The van der Waals surface area contributed by atoms with E-state index >= 15 is 0 Å². The number of hydrogen-bond donors (Lipinski definition) is 1. The van der Waals surface area contributed by atoms with Crippen molar-refractivity contribution in [3.8, 4) is 5.75 Å². The van der Waals surface area contributed by atoms with E-state index in [0.29, 0.717) is 11.1 Å². The van der Waals surface area contributed by atoms with Gasteiger partial charge in [-0.2, -0.15) is 0 Å². The van der Waals surface area contributed by atoms with Gasteiger partial charge in [-0.3, -0.25) is 9.69 Å². The maximum Gasteiger partial charge on any atom is 0.251 e. The molecule has 0 saturated carbocycles. The number of piperidine rings is 1. The van der Waals surface area contributed by atoms with E-state index in [1.165, 1.54) is 48.3 Å². The minimum Gasteiger partial charge on any atom is -0.497 e. The number of methoxy groups -OCH3 is 1. The molecule has 4 nitrogen and oxygen atoms in total. The summed E-state index contributed by atoms with van der Waals surface area (Å²) in [6, 6.07) is 16.6. The van der Waals surface area contributed by atoms with Crippen molar-refractivity contribution < 1.29 is 9.53 Å². The number of carbonyl (C=O) groups is 1. The number of hydrogen-bond acceptors (Lipinski definition) is 5. The van der Waals surface area contributed by atoms with Crippen molar-refractivity contribution in [1.29, 1.82) is 0 Å². The fourth-order valence-corrected chi connectivity index (χ4v) is 7.17. The van der Waals surface area contributed by atoms with Crippen LogP contribution in [0.25, 0.3) is 0 Å². The zero-order valence-corrected chi connectivity index (χ0v) is 19.9. The number of rotatable bonds is 7. The predicted octanol–water partition coefficient (Wildman–Crippen LogP) is 5.52. The lowest BCUT2D eigenvalue weighted by Gasteiger charge is -2.35. The maximum absolute atomic E-state index is 12.9. The SMILES string of the molecule is COc1ccc([C@H](CNC(=O)c2ccc(C3SCCCS3)cc2)N2CCCCC2)cc1. The first-order valence-electron chi connectivity index (χ1n) is 11.2. The van der Waals surface area contributed by atoms with Gasteiger partial charge < -0.3 is 10.1 Å². The highest BCUT2D eigenvalue weighted by atomic mass is 32.2. The van der Waals surface area contributed by atoms with Gasteiger partial charge in [0, 0.05) is 12.1 Å². The smallest absolute Gasteiger partial charge is 0.251 e. The third kappa shape index (κ3) is 5.99. The molecule has 0 aromatic heterocycles. The molecule has 0 unspecified atom stereocenters. The van der Waals surface area contributed by atoms with Crippen molar-refractivity contribution in [3.63, 3.8) is 0 Å². The summed E-state index contributed by atoms with van der Waals surface area (Å²) in [7, 11) is 1.69. The zero-order valence-electron chi connectivity index (χ0n) is 18.2.